The van der Waals surface area contributed by atoms with Crippen LogP contribution in [0.1, 0.15) is 41.5 Å². The van der Waals surface area contributed by atoms with Crippen molar-refractivity contribution in [2.75, 3.05) is 0 Å². The molecule has 82 valence electrons. The second-order valence-corrected chi connectivity index (χ2v) is 5.49. The first-order chi connectivity index (χ1) is 6.10. The monoisotopic (exact) mass is 199 g/mol. The molecule has 0 aromatic heterocycles. The Kier molecular flexibility index (Phi) is 3.74. The Morgan fingerprint density at radius 1 is 1.07 bits per heavy atom. The highest BCUT2D eigenvalue weighted by atomic mass is 16.3. The maximum Gasteiger partial charge on any atom is 0.211 e. The zero-order chi connectivity index (χ0) is 11.6. The molecule has 0 aliphatic heterocycles. The Hall–Kier alpha value is -0.990. The number of hydrogen-bond acceptors (Lipinski definition) is 2. The van der Waals surface area contributed by atoms with E-state index >= 15 is 0 Å². The number of aliphatic hydroxyl groups excluding tert-OH is 1. The minimum atomic E-state index is -0.349. The fourth-order valence-electron chi connectivity index (χ4n) is 1.07. The summed E-state index contributed by atoms with van der Waals surface area (Å²) in [6.07, 6.45) is 0.600. The average Bonchev–Trinajstić information content (AvgIpc) is 1.94. The van der Waals surface area contributed by atoms with Crippen LogP contribution in [-0.2, 0) is 4.79 Å². The number of amides is 1. The van der Waals surface area contributed by atoms with Crippen LogP contribution in [0.2, 0.25) is 0 Å². The van der Waals surface area contributed by atoms with Gasteiger partial charge in [-0.1, -0.05) is 41.5 Å². The Balaban J connectivity index is 5.27. The summed E-state index contributed by atoms with van der Waals surface area (Å²) in [7, 11) is 0. The zero-order valence-electron chi connectivity index (χ0n) is 9.93. The lowest BCUT2D eigenvalue weighted by Crippen LogP contribution is -2.29. The van der Waals surface area contributed by atoms with E-state index in [-0.39, 0.29) is 16.6 Å². The number of aliphatic hydroxyl groups is 1. The number of carbonyl (C=O) groups is 1. The van der Waals surface area contributed by atoms with Gasteiger partial charge in [-0.25, -0.2) is 0 Å². The van der Waals surface area contributed by atoms with E-state index in [1.54, 1.807) is 0 Å². The maximum atomic E-state index is 10.4. The summed E-state index contributed by atoms with van der Waals surface area (Å²) in [5.41, 5.74) is -0.0309. The summed E-state index contributed by atoms with van der Waals surface area (Å²) in [5.74, 6) is 0.233. The molecule has 0 radical (unpaired) electrons. The van der Waals surface area contributed by atoms with E-state index in [0.717, 1.165) is 0 Å². The van der Waals surface area contributed by atoms with E-state index in [9.17, 15) is 9.90 Å². The van der Waals surface area contributed by atoms with Gasteiger partial charge in [-0.2, -0.15) is 0 Å². The first-order valence-corrected chi connectivity index (χ1v) is 4.75. The first-order valence-electron chi connectivity index (χ1n) is 4.75. The predicted molar refractivity (Wildman–Crippen MR) is 57.8 cm³/mol. The molecule has 3 nitrogen and oxygen atoms in total. The SMILES string of the molecule is CC(C)(C)/C(O)=C(/NC=O)C(C)(C)C. The van der Waals surface area contributed by atoms with Crippen molar-refractivity contribution < 1.29 is 9.90 Å². The van der Waals surface area contributed by atoms with Crippen LogP contribution in [0.5, 0.6) is 0 Å². The van der Waals surface area contributed by atoms with Gasteiger partial charge >= 0.3 is 0 Å². The molecule has 3 heteroatoms. The van der Waals surface area contributed by atoms with E-state index in [2.05, 4.69) is 5.32 Å². The molecule has 0 spiro atoms. The van der Waals surface area contributed by atoms with Crippen molar-refractivity contribution in [3.63, 3.8) is 0 Å². The topological polar surface area (TPSA) is 49.3 Å². The van der Waals surface area contributed by atoms with Crippen molar-refractivity contribution in [1.29, 1.82) is 0 Å². The van der Waals surface area contributed by atoms with Crippen LogP contribution < -0.4 is 5.32 Å². The quantitative estimate of drug-likeness (QED) is 0.530. The van der Waals surface area contributed by atoms with Crippen molar-refractivity contribution in [2.45, 2.75) is 41.5 Å². The van der Waals surface area contributed by atoms with Crippen molar-refractivity contribution in [1.82, 2.24) is 5.32 Å². The second-order valence-electron chi connectivity index (χ2n) is 5.49. The predicted octanol–water partition coefficient (Wildman–Crippen LogP) is 2.59. The molecule has 2 N–H and O–H groups in total. The lowest BCUT2D eigenvalue weighted by molar-refractivity contribution is -0.109. The highest BCUT2D eigenvalue weighted by molar-refractivity contribution is 5.51. The summed E-state index contributed by atoms with van der Waals surface area (Å²) >= 11 is 0. The number of hydrogen-bond donors (Lipinski definition) is 2. The van der Waals surface area contributed by atoms with E-state index in [1.165, 1.54) is 0 Å². The van der Waals surface area contributed by atoms with Gasteiger partial charge in [0.2, 0.25) is 6.41 Å². The standard InChI is InChI=1S/C11H21NO2/c1-10(2,3)8(12-7-13)9(14)11(4,5)6/h7,14H,1-6H3,(H,12,13)/b9-8-. The number of rotatable bonds is 2. The van der Waals surface area contributed by atoms with Crippen LogP contribution in [-0.4, -0.2) is 11.5 Å². The van der Waals surface area contributed by atoms with Gasteiger partial charge in [-0.3, -0.25) is 4.79 Å². The molecule has 0 fully saturated rings. The molecule has 0 bridgehead atoms. The number of nitrogens with one attached hydrogen (secondary N) is 1. The molecule has 0 rings (SSSR count). The van der Waals surface area contributed by atoms with E-state index in [1.807, 2.05) is 41.5 Å². The van der Waals surface area contributed by atoms with Gasteiger partial charge < -0.3 is 10.4 Å². The molecular weight excluding hydrogens is 178 g/mol. The largest absolute Gasteiger partial charge is 0.510 e. The van der Waals surface area contributed by atoms with Crippen LogP contribution in [0.3, 0.4) is 0 Å². The number of allylic oxidation sites excluding steroid dienone is 2. The molecule has 0 aromatic rings. The van der Waals surface area contributed by atoms with Crippen LogP contribution >= 0.6 is 0 Å². The Morgan fingerprint density at radius 3 is 1.71 bits per heavy atom. The zero-order valence-corrected chi connectivity index (χ0v) is 9.93. The second kappa shape index (κ2) is 4.03. The number of carbonyl (C=O) groups excluding carboxylic acids is 1. The van der Waals surface area contributed by atoms with Crippen molar-refractivity contribution in [3.8, 4) is 0 Å². The van der Waals surface area contributed by atoms with Gasteiger partial charge in [-0.05, 0) is 0 Å². The summed E-state index contributed by atoms with van der Waals surface area (Å²) in [6, 6.07) is 0. The van der Waals surface area contributed by atoms with E-state index in [4.69, 9.17) is 0 Å². The molecule has 14 heavy (non-hydrogen) atoms. The summed E-state index contributed by atoms with van der Waals surface area (Å²) in [5, 5.41) is 12.5. The minimum absolute atomic E-state index is 0.233. The lowest BCUT2D eigenvalue weighted by Gasteiger charge is -2.28. The van der Waals surface area contributed by atoms with Crippen LogP contribution in [0.4, 0.5) is 0 Å². The van der Waals surface area contributed by atoms with E-state index in [0.29, 0.717) is 12.1 Å². The first kappa shape index (κ1) is 13.0. The summed E-state index contributed by atoms with van der Waals surface area (Å²) in [6.45, 7) is 11.5. The molecule has 0 aliphatic rings. The molecule has 0 heterocycles. The third-order valence-electron chi connectivity index (χ3n) is 1.90. The van der Waals surface area contributed by atoms with Crippen LogP contribution in [0, 0.1) is 10.8 Å². The molecule has 1 amide bonds. The molecule has 0 saturated heterocycles. The normalized spacial score (nSPS) is 14.7. The van der Waals surface area contributed by atoms with Crippen LogP contribution in [0.15, 0.2) is 11.5 Å². The Bertz CT molecular complexity index is 241. The van der Waals surface area contributed by atoms with Gasteiger partial charge in [0.15, 0.2) is 0 Å². The summed E-state index contributed by atoms with van der Waals surface area (Å²) < 4.78 is 0. The molecule has 0 atom stereocenters. The summed E-state index contributed by atoms with van der Waals surface area (Å²) in [4.78, 5) is 10.4. The molecular formula is C11H21NO2. The van der Waals surface area contributed by atoms with Gasteiger partial charge in [0.05, 0.1) is 5.70 Å². The fourth-order valence-corrected chi connectivity index (χ4v) is 1.07. The van der Waals surface area contributed by atoms with Crippen molar-refractivity contribution in [2.24, 2.45) is 10.8 Å². The van der Waals surface area contributed by atoms with Gasteiger partial charge in [-0.15, -0.1) is 0 Å². The molecule has 0 saturated carbocycles. The fraction of sp³-hybridized carbons (Fsp3) is 0.727. The highest BCUT2D eigenvalue weighted by Crippen LogP contribution is 2.32. The smallest absolute Gasteiger partial charge is 0.211 e. The lowest BCUT2D eigenvalue weighted by atomic mass is 9.84. The van der Waals surface area contributed by atoms with Crippen molar-refractivity contribution in [3.05, 3.63) is 11.5 Å². The molecule has 0 aromatic carbocycles. The van der Waals surface area contributed by atoms with Gasteiger partial charge in [0.1, 0.15) is 5.76 Å². The third-order valence-corrected chi connectivity index (χ3v) is 1.90. The van der Waals surface area contributed by atoms with Crippen molar-refractivity contribution >= 4 is 6.41 Å². The van der Waals surface area contributed by atoms with Gasteiger partial charge in [0, 0.05) is 10.8 Å². The van der Waals surface area contributed by atoms with Gasteiger partial charge in [0.25, 0.3) is 0 Å². The Labute approximate surface area is 86.2 Å². The van der Waals surface area contributed by atoms with E-state index < -0.39 is 0 Å². The minimum Gasteiger partial charge on any atom is -0.510 e. The molecule has 0 aliphatic carbocycles. The average molecular weight is 199 g/mol. The third kappa shape index (κ3) is 3.40. The Morgan fingerprint density at radius 2 is 1.50 bits per heavy atom. The highest BCUT2D eigenvalue weighted by Gasteiger charge is 2.27. The maximum absolute atomic E-state index is 10.4. The van der Waals surface area contributed by atoms with Crippen LogP contribution in [0.25, 0.3) is 0 Å². The molecule has 0 unspecified atom stereocenters.